The average Bonchev–Trinajstić information content (AvgIpc) is 2.69. The highest BCUT2D eigenvalue weighted by Crippen LogP contribution is 2.28. The highest BCUT2D eigenvalue weighted by atomic mass is 32.2. The fourth-order valence-electron chi connectivity index (χ4n) is 1.72. The van der Waals surface area contributed by atoms with Gasteiger partial charge < -0.3 is 10.1 Å². The second-order valence-electron chi connectivity index (χ2n) is 3.93. The van der Waals surface area contributed by atoms with Crippen molar-refractivity contribution in [3.05, 3.63) is 11.9 Å². The molecule has 0 aliphatic heterocycles. The van der Waals surface area contributed by atoms with Crippen molar-refractivity contribution in [2.45, 2.75) is 25.9 Å². The molecular formula is C11H21N3OS. The normalized spacial score (nSPS) is 13.1. The van der Waals surface area contributed by atoms with Crippen LogP contribution in [-0.4, -0.2) is 35.9 Å². The van der Waals surface area contributed by atoms with Gasteiger partial charge in [-0.1, -0.05) is 0 Å². The van der Waals surface area contributed by atoms with Gasteiger partial charge in [0.25, 0.3) is 0 Å². The number of ether oxygens (including phenoxy) is 1. The Morgan fingerprint density at radius 2 is 2.25 bits per heavy atom. The zero-order valence-electron chi connectivity index (χ0n) is 10.7. The fourth-order valence-corrected chi connectivity index (χ4v) is 2.38. The van der Waals surface area contributed by atoms with Gasteiger partial charge in [0.2, 0.25) is 0 Å². The number of thioether (sulfide) groups is 1. The zero-order valence-corrected chi connectivity index (χ0v) is 11.5. The van der Waals surface area contributed by atoms with Crippen LogP contribution >= 0.6 is 11.8 Å². The van der Waals surface area contributed by atoms with Crippen LogP contribution in [0.25, 0.3) is 0 Å². The van der Waals surface area contributed by atoms with Gasteiger partial charge >= 0.3 is 0 Å². The maximum Gasteiger partial charge on any atom is 0.161 e. The van der Waals surface area contributed by atoms with Gasteiger partial charge in [0.15, 0.2) is 5.75 Å². The summed E-state index contributed by atoms with van der Waals surface area (Å²) in [5, 5.41) is 7.69. The molecule has 1 aromatic heterocycles. The largest absolute Gasteiger partial charge is 0.493 e. The molecule has 1 atom stereocenters. The summed E-state index contributed by atoms with van der Waals surface area (Å²) < 4.78 is 7.40. The van der Waals surface area contributed by atoms with Gasteiger partial charge in [0.1, 0.15) is 0 Å². The Morgan fingerprint density at radius 1 is 1.56 bits per heavy atom. The van der Waals surface area contributed by atoms with Gasteiger partial charge in [0.05, 0.1) is 25.0 Å². The second kappa shape index (κ2) is 6.15. The van der Waals surface area contributed by atoms with Crippen molar-refractivity contribution in [2.75, 3.05) is 26.2 Å². The fraction of sp³-hybridized carbons (Fsp3) is 0.727. The molecule has 0 spiro atoms. The third kappa shape index (κ3) is 2.71. The Labute approximate surface area is 102 Å². The van der Waals surface area contributed by atoms with Crippen LogP contribution in [0.5, 0.6) is 5.75 Å². The highest BCUT2D eigenvalue weighted by Gasteiger charge is 2.21. The summed E-state index contributed by atoms with van der Waals surface area (Å²) in [5.41, 5.74) is 1.13. The van der Waals surface area contributed by atoms with Gasteiger partial charge in [-0.25, -0.2) is 0 Å². The van der Waals surface area contributed by atoms with E-state index in [4.69, 9.17) is 4.74 Å². The summed E-state index contributed by atoms with van der Waals surface area (Å²) in [6.07, 6.45) is 3.90. The molecule has 0 radical (unpaired) electrons. The average molecular weight is 243 g/mol. The Hall–Kier alpha value is -0.680. The highest BCUT2D eigenvalue weighted by molar-refractivity contribution is 7.98. The number of hydrogen-bond acceptors (Lipinski definition) is 4. The summed E-state index contributed by atoms with van der Waals surface area (Å²) >= 11 is 1.81. The van der Waals surface area contributed by atoms with Crippen molar-refractivity contribution in [2.24, 2.45) is 0 Å². The molecule has 1 aromatic rings. The number of hydrogen-bond donors (Lipinski definition) is 1. The van der Waals surface area contributed by atoms with Crippen LogP contribution < -0.4 is 10.1 Å². The van der Waals surface area contributed by atoms with Crippen molar-refractivity contribution in [1.29, 1.82) is 0 Å². The van der Waals surface area contributed by atoms with E-state index in [9.17, 15) is 0 Å². The predicted molar refractivity (Wildman–Crippen MR) is 69.3 cm³/mol. The molecule has 4 nitrogen and oxygen atoms in total. The number of nitrogens with zero attached hydrogens (tertiary/aromatic N) is 2. The van der Waals surface area contributed by atoms with Crippen molar-refractivity contribution >= 4 is 11.8 Å². The summed E-state index contributed by atoms with van der Waals surface area (Å²) in [6, 6.07) is 0.617. The number of rotatable bonds is 6. The van der Waals surface area contributed by atoms with Crippen molar-refractivity contribution in [3.63, 3.8) is 0 Å². The molecule has 0 saturated carbocycles. The molecule has 5 heteroatoms. The Morgan fingerprint density at radius 3 is 2.69 bits per heavy atom. The van der Waals surface area contributed by atoms with Crippen LogP contribution in [0.4, 0.5) is 0 Å². The molecule has 0 aliphatic carbocycles. The molecular weight excluding hydrogens is 222 g/mol. The number of aromatic nitrogens is 2. The molecule has 16 heavy (non-hydrogen) atoms. The maximum atomic E-state index is 5.37. The molecule has 1 heterocycles. The molecule has 1 rings (SSSR count). The van der Waals surface area contributed by atoms with Crippen molar-refractivity contribution in [3.8, 4) is 5.75 Å². The Balaban J connectivity index is 3.09. The van der Waals surface area contributed by atoms with Gasteiger partial charge in [0, 0.05) is 11.8 Å². The van der Waals surface area contributed by atoms with Crippen LogP contribution in [0.1, 0.15) is 31.6 Å². The van der Waals surface area contributed by atoms with E-state index in [1.165, 1.54) is 0 Å². The van der Waals surface area contributed by atoms with E-state index < -0.39 is 0 Å². The van der Waals surface area contributed by atoms with Gasteiger partial charge in [-0.05, 0) is 27.2 Å². The van der Waals surface area contributed by atoms with E-state index in [2.05, 4.69) is 30.5 Å². The maximum absolute atomic E-state index is 5.37. The molecule has 0 aromatic carbocycles. The van der Waals surface area contributed by atoms with E-state index in [-0.39, 0.29) is 6.04 Å². The molecule has 1 unspecified atom stereocenters. The topological polar surface area (TPSA) is 39.1 Å². The first-order chi connectivity index (χ1) is 7.65. The lowest BCUT2D eigenvalue weighted by Crippen LogP contribution is -2.23. The van der Waals surface area contributed by atoms with Crippen LogP contribution in [0.15, 0.2) is 6.20 Å². The molecule has 0 saturated heterocycles. The second-order valence-corrected chi connectivity index (χ2v) is 4.84. The minimum atomic E-state index is 0.273. The molecule has 92 valence electrons. The standard InChI is InChI=1S/C11H21N3OS/c1-8(2)14-11(9(12-3)7-16-5)10(15-4)6-13-14/h6,8-9,12H,7H2,1-5H3. The zero-order chi connectivity index (χ0) is 12.1. The minimum Gasteiger partial charge on any atom is -0.493 e. The van der Waals surface area contributed by atoms with Crippen molar-refractivity contribution < 1.29 is 4.74 Å². The van der Waals surface area contributed by atoms with Crippen LogP contribution in [0, 0.1) is 0 Å². The smallest absolute Gasteiger partial charge is 0.161 e. The number of methoxy groups -OCH3 is 1. The van der Waals surface area contributed by atoms with Crippen molar-refractivity contribution in [1.82, 2.24) is 15.1 Å². The molecule has 0 amide bonds. The summed E-state index contributed by atoms with van der Waals surface area (Å²) in [7, 11) is 3.66. The van der Waals surface area contributed by atoms with E-state index >= 15 is 0 Å². The third-order valence-electron chi connectivity index (χ3n) is 2.52. The lowest BCUT2D eigenvalue weighted by molar-refractivity contribution is 0.394. The van der Waals surface area contributed by atoms with Crippen LogP contribution in [0.2, 0.25) is 0 Å². The molecule has 0 fully saturated rings. The summed E-state index contributed by atoms with van der Waals surface area (Å²) in [5.74, 6) is 1.87. The molecule has 0 aliphatic rings. The van der Waals surface area contributed by atoms with E-state index in [0.29, 0.717) is 6.04 Å². The quantitative estimate of drug-likeness (QED) is 0.830. The van der Waals surface area contributed by atoms with E-state index in [0.717, 1.165) is 17.2 Å². The van der Waals surface area contributed by atoms with E-state index in [1.807, 2.05) is 23.5 Å². The number of nitrogens with one attached hydrogen (secondary N) is 1. The third-order valence-corrected chi connectivity index (χ3v) is 3.19. The van der Waals surface area contributed by atoms with Crippen LogP contribution in [-0.2, 0) is 0 Å². The van der Waals surface area contributed by atoms with Crippen LogP contribution in [0.3, 0.4) is 0 Å². The first-order valence-corrected chi connectivity index (χ1v) is 6.82. The summed E-state index contributed by atoms with van der Waals surface area (Å²) in [4.78, 5) is 0. The first kappa shape index (κ1) is 13.4. The van der Waals surface area contributed by atoms with Gasteiger partial charge in [-0.15, -0.1) is 0 Å². The monoisotopic (exact) mass is 243 g/mol. The van der Waals surface area contributed by atoms with Gasteiger partial charge in [-0.2, -0.15) is 16.9 Å². The Bertz CT molecular complexity index is 325. The predicted octanol–water partition coefficient (Wildman–Crippen LogP) is 2.10. The molecule has 1 N–H and O–H groups in total. The van der Waals surface area contributed by atoms with Gasteiger partial charge in [-0.3, -0.25) is 4.68 Å². The van der Waals surface area contributed by atoms with E-state index in [1.54, 1.807) is 13.3 Å². The minimum absolute atomic E-state index is 0.273. The molecule has 0 bridgehead atoms. The lowest BCUT2D eigenvalue weighted by Gasteiger charge is -2.20. The summed E-state index contributed by atoms with van der Waals surface area (Å²) in [6.45, 7) is 4.25. The lowest BCUT2D eigenvalue weighted by atomic mass is 10.2. The first-order valence-electron chi connectivity index (χ1n) is 5.43. The Kier molecular flexibility index (Phi) is 5.15. The SMILES string of the molecule is CNC(CSC)c1c(OC)cnn1C(C)C.